The van der Waals surface area contributed by atoms with Crippen molar-refractivity contribution in [2.24, 2.45) is 4.99 Å². The summed E-state index contributed by atoms with van der Waals surface area (Å²) in [4.78, 5) is 11.0. The fraction of sp³-hybridized carbons (Fsp3) is 0.444. The molecule has 1 aromatic heterocycles. The summed E-state index contributed by atoms with van der Waals surface area (Å²) in [5.41, 5.74) is 2.08. The third-order valence-corrected chi connectivity index (χ3v) is 4.64. The van der Waals surface area contributed by atoms with Gasteiger partial charge in [0.1, 0.15) is 5.76 Å². The second kappa shape index (κ2) is 9.45. The molecule has 1 unspecified atom stereocenters. The van der Waals surface area contributed by atoms with Crippen LogP contribution in [-0.4, -0.2) is 37.1 Å². The lowest BCUT2D eigenvalue weighted by Gasteiger charge is -2.20. The molecule has 2 N–H and O–H groups in total. The van der Waals surface area contributed by atoms with Gasteiger partial charge in [-0.25, -0.2) is 4.98 Å². The first-order valence-corrected chi connectivity index (χ1v) is 8.83. The average Bonchev–Trinajstić information content (AvgIpc) is 3.18. The molecule has 2 aromatic rings. The van der Waals surface area contributed by atoms with Crippen molar-refractivity contribution >= 4 is 47.2 Å². The monoisotopic (exact) mass is 489 g/mol. The molecular weight excluding hydrogens is 465 g/mol. The van der Waals surface area contributed by atoms with Gasteiger partial charge in [-0.2, -0.15) is 0 Å². The number of aryl methyl sites for hydroxylation is 2. The molecule has 1 fully saturated rings. The molecule has 1 saturated heterocycles. The Labute approximate surface area is 176 Å². The zero-order chi connectivity index (χ0) is 17.8. The fourth-order valence-corrected chi connectivity index (χ4v) is 3.13. The number of nitrogens with zero attached hydrogens (tertiary/aromatic N) is 3. The minimum absolute atomic E-state index is 0. The number of nitrogens with one attached hydrogen (secondary N) is 2. The van der Waals surface area contributed by atoms with Gasteiger partial charge in [0.05, 0.1) is 12.2 Å². The third-order valence-electron chi connectivity index (χ3n) is 4.41. The molecule has 3 rings (SSSR count). The molecule has 142 valence electrons. The maximum atomic E-state index is 6.09. The molecule has 0 bridgehead atoms. The van der Waals surface area contributed by atoms with Crippen molar-refractivity contribution in [1.82, 2.24) is 15.6 Å². The first-order valence-electron chi connectivity index (χ1n) is 8.45. The molecule has 0 radical (unpaired) electrons. The summed E-state index contributed by atoms with van der Waals surface area (Å²) in [6.07, 6.45) is 1.05. The Hall–Kier alpha value is -1.48. The number of aliphatic imine (C=N–C) groups is 1. The molecule has 8 heteroatoms. The number of guanidine groups is 1. The molecule has 0 amide bonds. The molecule has 26 heavy (non-hydrogen) atoms. The van der Waals surface area contributed by atoms with Crippen LogP contribution < -0.4 is 15.5 Å². The second-order valence-electron chi connectivity index (χ2n) is 6.23. The van der Waals surface area contributed by atoms with Gasteiger partial charge in [-0.15, -0.1) is 24.0 Å². The summed E-state index contributed by atoms with van der Waals surface area (Å²) in [5, 5.41) is 7.49. The number of rotatable bonds is 4. The largest absolute Gasteiger partial charge is 0.444 e. The highest BCUT2D eigenvalue weighted by Gasteiger charge is 2.23. The van der Waals surface area contributed by atoms with Gasteiger partial charge >= 0.3 is 0 Å². The van der Waals surface area contributed by atoms with E-state index in [1.807, 2.05) is 32.0 Å². The predicted molar refractivity (Wildman–Crippen MR) is 117 cm³/mol. The number of oxazole rings is 1. The van der Waals surface area contributed by atoms with Crippen LogP contribution in [0.2, 0.25) is 5.02 Å². The summed E-state index contributed by atoms with van der Waals surface area (Å²) in [7, 11) is 1.77. The minimum atomic E-state index is 0. The van der Waals surface area contributed by atoms with Gasteiger partial charge in [-0.05, 0) is 38.5 Å². The third kappa shape index (κ3) is 5.26. The highest BCUT2D eigenvalue weighted by atomic mass is 127. The van der Waals surface area contributed by atoms with E-state index in [9.17, 15) is 0 Å². The Morgan fingerprint density at radius 1 is 1.42 bits per heavy atom. The molecule has 1 aliphatic rings. The zero-order valence-corrected chi connectivity index (χ0v) is 18.3. The lowest BCUT2D eigenvalue weighted by Crippen LogP contribution is -2.44. The maximum Gasteiger partial charge on any atom is 0.214 e. The van der Waals surface area contributed by atoms with Gasteiger partial charge in [-0.1, -0.05) is 17.7 Å². The Morgan fingerprint density at radius 3 is 2.88 bits per heavy atom. The molecule has 0 saturated carbocycles. The summed E-state index contributed by atoms with van der Waals surface area (Å²) in [5.74, 6) is 2.28. The number of benzene rings is 1. The van der Waals surface area contributed by atoms with Crippen LogP contribution in [0.15, 0.2) is 33.7 Å². The quantitative estimate of drug-likeness (QED) is 0.391. The molecule has 6 nitrogen and oxygen atoms in total. The van der Waals surface area contributed by atoms with Gasteiger partial charge in [0.15, 0.2) is 5.96 Å². The first-order chi connectivity index (χ1) is 12.0. The Balaban J connectivity index is 0.00000243. The van der Waals surface area contributed by atoms with Crippen LogP contribution in [0.5, 0.6) is 0 Å². The molecule has 1 atom stereocenters. The number of aromatic nitrogens is 1. The van der Waals surface area contributed by atoms with Crippen LogP contribution in [0.4, 0.5) is 5.69 Å². The van der Waals surface area contributed by atoms with Gasteiger partial charge < -0.3 is 20.0 Å². The molecule has 1 aromatic carbocycles. The number of halogens is 2. The topological polar surface area (TPSA) is 65.7 Å². The lowest BCUT2D eigenvalue weighted by atomic mass is 10.3. The second-order valence-corrected chi connectivity index (χ2v) is 6.67. The van der Waals surface area contributed by atoms with Crippen molar-refractivity contribution < 1.29 is 4.42 Å². The first kappa shape index (κ1) is 20.8. The van der Waals surface area contributed by atoms with Gasteiger partial charge in [0.2, 0.25) is 5.89 Å². The van der Waals surface area contributed by atoms with Crippen LogP contribution in [-0.2, 0) is 6.54 Å². The van der Waals surface area contributed by atoms with Crippen molar-refractivity contribution in [2.45, 2.75) is 32.9 Å². The smallest absolute Gasteiger partial charge is 0.214 e. The van der Waals surface area contributed by atoms with Crippen molar-refractivity contribution in [2.75, 3.05) is 25.0 Å². The highest BCUT2D eigenvalue weighted by molar-refractivity contribution is 14.0. The average molecular weight is 490 g/mol. The molecular formula is C18H25ClIN5O. The fourth-order valence-electron chi connectivity index (χ4n) is 2.95. The summed E-state index contributed by atoms with van der Waals surface area (Å²) in [6.45, 7) is 6.28. The number of hydrogen-bond acceptors (Lipinski definition) is 4. The van der Waals surface area contributed by atoms with E-state index in [1.165, 1.54) is 0 Å². The number of hydrogen-bond donors (Lipinski definition) is 2. The van der Waals surface area contributed by atoms with E-state index in [0.717, 1.165) is 47.6 Å². The van der Waals surface area contributed by atoms with Crippen LogP contribution in [0, 0.1) is 13.8 Å². The Kier molecular flexibility index (Phi) is 7.57. The van der Waals surface area contributed by atoms with Crippen LogP contribution in [0.3, 0.4) is 0 Å². The highest BCUT2D eigenvalue weighted by Crippen LogP contribution is 2.23. The molecule has 0 aliphatic carbocycles. The zero-order valence-electron chi connectivity index (χ0n) is 15.3. The van der Waals surface area contributed by atoms with E-state index < -0.39 is 0 Å². The van der Waals surface area contributed by atoms with E-state index in [2.05, 4.69) is 31.6 Å². The van der Waals surface area contributed by atoms with Crippen molar-refractivity contribution in [3.63, 3.8) is 0 Å². The SMILES string of the molecule is CN=C(NCc1nc(C)c(C)o1)NC1CCN(c2cccc(Cl)c2)C1.I. The standard InChI is InChI=1S/C18H24ClN5O.HI/c1-12-13(2)25-17(22-12)10-21-18(20-3)23-15-7-8-24(11-15)16-6-4-5-14(19)9-16;/h4-6,9,15H,7-8,10-11H2,1-3H3,(H2,20,21,23);1H. The van der Waals surface area contributed by atoms with Crippen LogP contribution in [0.1, 0.15) is 23.8 Å². The maximum absolute atomic E-state index is 6.09. The Morgan fingerprint density at radius 2 is 2.23 bits per heavy atom. The van der Waals surface area contributed by atoms with E-state index in [-0.39, 0.29) is 24.0 Å². The molecule has 1 aliphatic heterocycles. The van der Waals surface area contributed by atoms with Crippen LogP contribution >= 0.6 is 35.6 Å². The van der Waals surface area contributed by atoms with Crippen LogP contribution in [0.25, 0.3) is 0 Å². The van der Waals surface area contributed by atoms with Crippen molar-refractivity contribution in [3.05, 3.63) is 46.6 Å². The van der Waals surface area contributed by atoms with E-state index in [0.29, 0.717) is 18.5 Å². The summed E-state index contributed by atoms with van der Waals surface area (Å²) in [6, 6.07) is 8.31. The van der Waals surface area contributed by atoms with Gasteiger partial charge in [-0.3, -0.25) is 4.99 Å². The van der Waals surface area contributed by atoms with Gasteiger partial charge in [0, 0.05) is 36.9 Å². The Bertz CT molecular complexity index is 744. The molecule has 2 heterocycles. The minimum Gasteiger partial charge on any atom is -0.444 e. The van der Waals surface area contributed by atoms with Gasteiger partial charge in [0.25, 0.3) is 0 Å². The lowest BCUT2D eigenvalue weighted by molar-refractivity contribution is 0.463. The number of anilines is 1. The van der Waals surface area contributed by atoms with E-state index in [4.69, 9.17) is 16.0 Å². The summed E-state index contributed by atoms with van der Waals surface area (Å²) < 4.78 is 5.59. The summed E-state index contributed by atoms with van der Waals surface area (Å²) >= 11 is 6.09. The molecule has 0 spiro atoms. The van der Waals surface area contributed by atoms with Crippen molar-refractivity contribution in [3.8, 4) is 0 Å². The van der Waals surface area contributed by atoms with Crippen molar-refractivity contribution in [1.29, 1.82) is 0 Å². The normalized spacial score (nSPS) is 17.2. The van der Waals surface area contributed by atoms with E-state index >= 15 is 0 Å². The van der Waals surface area contributed by atoms with E-state index in [1.54, 1.807) is 7.05 Å². The predicted octanol–water partition coefficient (Wildman–Crippen LogP) is 3.51.